The lowest BCUT2D eigenvalue weighted by Crippen LogP contribution is -2.33. The van der Waals surface area contributed by atoms with Gasteiger partial charge in [-0.2, -0.15) is 0 Å². The van der Waals surface area contributed by atoms with Crippen LogP contribution in [0.5, 0.6) is 0 Å². The summed E-state index contributed by atoms with van der Waals surface area (Å²) in [4.78, 5) is 12.1. The van der Waals surface area contributed by atoms with E-state index in [1.807, 2.05) is 0 Å². The minimum Gasteiger partial charge on any atom is -0.462 e. The molecular formula is C20H36O2. The van der Waals surface area contributed by atoms with Gasteiger partial charge in [0.1, 0.15) is 6.10 Å². The Balaban J connectivity index is 2.20. The number of esters is 1. The van der Waals surface area contributed by atoms with Crippen LogP contribution in [0.2, 0.25) is 0 Å². The first-order valence-electron chi connectivity index (χ1n) is 9.39. The maximum absolute atomic E-state index is 12.1. The van der Waals surface area contributed by atoms with Crippen molar-refractivity contribution in [3.8, 4) is 0 Å². The number of hydrogen-bond donors (Lipinski definition) is 0. The Morgan fingerprint density at radius 3 is 2.36 bits per heavy atom. The van der Waals surface area contributed by atoms with Crippen LogP contribution in [0.3, 0.4) is 0 Å². The van der Waals surface area contributed by atoms with Crippen LogP contribution in [0.25, 0.3) is 0 Å². The molecule has 0 aromatic rings. The fourth-order valence-electron chi connectivity index (χ4n) is 3.48. The molecule has 0 amide bonds. The van der Waals surface area contributed by atoms with Crippen LogP contribution in [0.15, 0.2) is 12.2 Å². The zero-order chi connectivity index (χ0) is 16.4. The second-order valence-electron chi connectivity index (χ2n) is 7.27. The second kappa shape index (κ2) is 10.9. The van der Waals surface area contributed by atoms with Gasteiger partial charge in [-0.1, -0.05) is 64.5 Å². The molecule has 2 heteroatoms. The normalized spacial score (nSPS) is 25.0. The average molecular weight is 309 g/mol. The van der Waals surface area contributed by atoms with E-state index in [9.17, 15) is 4.79 Å². The summed E-state index contributed by atoms with van der Waals surface area (Å²) in [5, 5.41) is 0. The van der Waals surface area contributed by atoms with Crippen molar-refractivity contribution in [2.24, 2.45) is 11.8 Å². The predicted octanol–water partition coefficient (Wildman–Crippen LogP) is 6.05. The fraction of sp³-hybridized carbons (Fsp3) is 0.850. The summed E-state index contributed by atoms with van der Waals surface area (Å²) >= 11 is 0. The Bertz CT molecular complexity index is 335. The van der Waals surface area contributed by atoms with Crippen molar-refractivity contribution in [2.75, 3.05) is 0 Å². The van der Waals surface area contributed by atoms with Gasteiger partial charge in [-0.3, -0.25) is 4.79 Å². The smallest absolute Gasteiger partial charge is 0.306 e. The molecule has 0 unspecified atom stereocenters. The molecular weight excluding hydrogens is 272 g/mol. The molecule has 2 nitrogen and oxygen atoms in total. The van der Waals surface area contributed by atoms with Gasteiger partial charge in [0, 0.05) is 12.3 Å². The molecule has 1 saturated carbocycles. The summed E-state index contributed by atoms with van der Waals surface area (Å²) < 4.78 is 5.78. The topological polar surface area (TPSA) is 26.3 Å². The Labute approximate surface area is 137 Å². The number of hydrogen-bond acceptors (Lipinski definition) is 2. The molecule has 3 atom stereocenters. The van der Waals surface area contributed by atoms with E-state index in [4.69, 9.17) is 4.74 Å². The number of ether oxygens (including phenoxy) is 1. The Morgan fingerprint density at radius 2 is 1.73 bits per heavy atom. The first kappa shape index (κ1) is 19.3. The molecule has 1 fully saturated rings. The van der Waals surface area contributed by atoms with Crippen molar-refractivity contribution >= 4 is 5.97 Å². The average Bonchev–Trinajstić information content (AvgIpc) is 2.46. The molecule has 1 aliphatic carbocycles. The minimum absolute atomic E-state index is 0.00101. The van der Waals surface area contributed by atoms with Crippen molar-refractivity contribution in [2.45, 2.75) is 97.5 Å². The zero-order valence-electron chi connectivity index (χ0n) is 15.0. The van der Waals surface area contributed by atoms with Gasteiger partial charge in [0.05, 0.1) is 0 Å². The van der Waals surface area contributed by atoms with Gasteiger partial charge in [-0.05, 0) is 38.5 Å². The van der Waals surface area contributed by atoms with E-state index >= 15 is 0 Å². The van der Waals surface area contributed by atoms with Crippen molar-refractivity contribution in [1.82, 2.24) is 0 Å². The first-order valence-corrected chi connectivity index (χ1v) is 9.39. The number of rotatable bonds is 10. The molecule has 0 saturated heterocycles. The maximum Gasteiger partial charge on any atom is 0.306 e. The van der Waals surface area contributed by atoms with E-state index in [-0.39, 0.29) is 12.1 Å². The SMILES string of the molecule is C=C(C)[C@@H]1CC[C@@H](C)C[C@H]1OC(=O)CCCCCCCCC. The Hall–Kier alpha value is -0.790. The number of carbonyl (C=O) groups excluding carboxylic acids is 1. The molecule has 128 valence electrons. The van der Waals surface area contributed by atoms with E-state index < -0.39 is 0 Å². The van der Waals surface area contributed by atoms with Gasteiger partial charge in [0.15, 0.2) is 0 Å². The molecule has 0 bridgehead atoms. The Kier molecular flexibility index (Phi) is 9.50. The number of carbonyl (C=O) groups is 1. The highest BCUT2D eigenvalue weighted by atomic mass is 16.5. The van der Waals surface area contributed by atoms with Gasteiger partial charge >= 0.3 is 5.97 Å². The monoisotopic (exact) mass is 308 g/mol. The van der Waals surface area contributed by atoms with Gasteiger partial charge in [0.25, 0.3) is 0 Å². The van der Waals surface area contributed by atoms with Crippen molar-refractivity contribution in [1.29, 1.82) is 0 Å². The van der Waals surface area contributed by atoms with Gasteiger partial charge in [-0.25, -0.2) is 0 Å². The lowest BCUT2D eigenvalue weighted by Gasteiger charge is -2.34. The van der Waals surface area contributed by atoms with E-state index in [0.717, 1.165) is 25.7 Å². The van der Waals surface area contributed by atoms with E-state index in [1.165, 1.54) is 44.1 Å². The molecule has 1 aliphatic rings. The molecule has 0 radical (unpaired) electrons. The van der Waals surface area contributed by atoms with Crippen LogP contribution >= 0.6 is 0 Å². The van der Waals surface area contributed by atoms with E-state index in [0.29, 0.717) is 18.3 Å². The third-order valence-corrected chi connectivity index (χ3v) is 4.95. The quantitative estimate of drug-likeness (QED) is 0.279. The predicted molar refractivity (Wildman–Crippen MR) is 93.8 cm³/mol. The molecule has 22 heavy (non-hydrogen) atoms. The largest absolute Gasteiger partial charge is 0.462 e. The van der Waals surface area contributed by atoms with Crippen LogP contribution in [0.1, 0.15) is 91.4 Å². The summed E-state index contributed by atoms with van der Waals surface area (Å²) in [6.45, 7) is 10.6. The van der Waals surface area contributed by atoms with Crippen LogP contribution in [0, 0.1) is 11.8 Å². The molecule has 0 aromatic heterocycles. The van der Waals surface area contributed by atoms with Crippen LogP contribution in [0.4, 0.5) is 0 Å². The summed E-state index contributed by atoms with van der Waals surface area (Å²) in [5.74, 6) is 1.03. The molecule has 0 N–H and O–H groups in total. The van der Waals surface area contributed by atoms with Gasteiger partial charge < -0.3 is 4.74 Å². The highest BCUT2D eigenvalue weighted by Crippen LogP contribution is 2.34. The summed E-state index contributed by atoms with van der Waals surface area (Å²) in [6.07, 6.45) is 12.6. The Morgan fingerprint density at radius 1 is 1.09 bits per heavy atom. The van der Waals surface area contributed by atoms with E-state index in [1.54, 1.807) is 0 Å². The molecule has 1 rings (SSSR count). The van der Waals surface area contributed by atoms with Crippen LogP contribution in [-0.4, -0.2) is 12.1 Å². The third-order valence-electron chi connectivity index (χ3n) is 4.95. The summed E-state index contributed by atoms with van der Waals surface area (Å²) in [5.41, 5.74) is 1.17. The van der Waals surface area contributed by atoms with E-state index in [2.05, 4.69) is 27.4 Å². The molecule has 0 aromatic carbocycles. The lowest BCUT2D eigenvalue weighted by molar-refractivity contribution is -0.153. The second-order valence-corrected chi connectivity index (χ2v) is 7.27. The molecule has 0 spiro atoms. The number of unbranched alkanes of at least 4 members (excludes halogenated alkanes) is 6. The highest BCUT2D eigenvalue weighted by Gasteiger charge is 2.31. The minimum atomic E-state index is -0.00101. The molecule has 0 heterocycles. The fourth-order valence-corrected chi connectivity index (χ4v) is 3.48. The first-order chi connectivity index (χ1) is 10.5. The van der Waals surface area contributed by atoms with Crippen molar-refractivity contribution < 1.29 is 9.53 Å². The zero-order valence-corrected chi connectivity index (χ0v) is 15.0. The van der Waals surface area contributed by atoms with Gasteiger partial charge in [0.2, 0.25) is 0 Å². The van der Waals surface area contributed by atoms with Crippen molar-refractivity contribution in [3.05, 3.63) is 12.2 Å². The standard InChI is InChI=1S/C20H36O2/c1-5-6-7-8-9-10-11-12-20(21)22-19-15-17(4)13-14-18(19)16(2)3/h17-19H,2,5-15H2,1,3-4H3/t17-,18+,19-/m1/s1. The highest BCUT2D eigenvalue weighted by molar-refractivity contribution is 5.69. The van der Waals surface area contributed by atoms with Crippen LogP contribution < -0.4 is 0 Å². The van der Waals surface area contributed by atoms with Crippen LogP contribution in [-0.2, 0) is 9.53 Å². The van der Waals surface area contributed by atoms with Crippen molar-refractivity contribution in [3.63, 3.8) is 0 Å². The van der Waals surface area contributed by atoms with Gasteiger partial charge in [-0.15, -0.1) is 0 Å². The summed E-state index contributed by atoms with van der Waals surface area (Å²) in [6, 6.07) is 0. The third kappa shape index (κ3) is 7.47. The maximum atomic E-state index is 12.1. The lowest BCUT2D eigenvalue weighted by atomic mass is 9.77. The molecule has 0 aliphatic heterocycles. The summed E-state index contributed by atoms with van der Waals surface area (Å²) in [7, 11) is 0.